The van der Waals surface area contributed by atoms with E-state index in [0.717, 1.165) is 10.6 Å². The largest absolute Gasteiger partial charge is 0.497 e. The second-order valence-corrected chi connectivity index (χ2v) is 5.42. The minimum Gasteiger partial charge on any atom is -0.497 e. The van der Waals surface area contributed by atoms with Gasteiger partial charge in [0, 0.05) is 17.5 Å². The van der Waals surface area contributed by atoms with Crippen LogP contribution in [0.1, 0.15) is 20.9 Å². The Morgan fingerprint density at radius 2 is 2.11 bits per heavy atom. The van der Waals surface area contributed by atoms with Crippen molar-refractivity contribution in [2.75, 3.05) is 19.1 Å². The van der Waals surface area contributed by atoms with Gasteiger partial charge in [-0.15, -0.1) is 11.3 Å². The maximum atomic E-state index is 12.4. The van der Waals surface area contributed by atoms with Gasteiger partial charge in [0.25, 0.3) is 5.91 Å². The van der Waals surface area contributed by atoms with Gasteiger partial charge in [0.2, 0.25) is 0 Å². The highest BCUT2D eigenvalue weighted by atomic mass is 32.1. The quantitative estimate of drug-likeness (QED) is 0.865. The Morgan fingerprint density at radius 3 is 2.68 bits per heavy atom. The number of rotatable bonds is 3. The topological polar surface area (TPSA) is 42.4 Å². The molecular formula is C14H16N2O2S. The molecule has 0 aliphatic heterocycles. The van der Waals surface area contributed by atoms with Gasteiger partial charge in [-0.3, -0.25) is 9.69 Å². The third kappa shape index (κ3) is 2.76. The molecule has 0 unspecified atom stereocenters. The number of nitrogens with zero attached hydrogens (tertiary/aromatic N) is 2. The van der Waals surface area contributed by atoms with Crippen LogP contribution in [-0.2, 0) is 0 Å². The van der Waals surface area contributed by atoms with Crippen molar-refractivity contribution in [3.8, 4) is 5.75 Å². The molecule has 0 N–H and O–H groups in total. The molecule has 1 aromatic carbocycles. The van der Waals surface area contributed by atoms with E-state index in [2.05, 4.69) is 4.98 Å². The van der Waals surface area contributed by atoms with E-state index in [1.807, 2.05) is 19.9 Å². The Hall–Kier alpha value is -1.88. The van der Waals surface area contributed by atoms with E-state index in [1.54, 1.807) is 37.3 Å². The third-order valence-corrected chi connectivity index (χ3v) is 4.07. The van der Waals surface area contributed by atoms with Crippen LogP contribution in [0.2, 0.25) is 0 Å². The van der Waals surface area contributed by atoms with Crippen molar-refractivity contribution in [1.82, 2.24) is 4.98 Å². The highest BCUT2D eigenvalue weighted by molar-refractivity contribution is 7.15. The number of aromatic nitrogens is 1. The fraction of sp³-hybridized carbons (Fsp3) is 0.286. The number of amides is 1. The van der Waals surface area contributed by atoms with Crippen LogP contribution in [0.5, 0.6) is 5.75 Å². The molecule has 1 heterocycles. The second kappa shape index (κ2) is 5.40. The van der Waals surface area contributed by atoms with Crippen LogP contribution >= 0.6 is 11.3 Å². The molecule has 0 fully saturated rings. The van der Waals surface area contributed by atoms with Gasteiger partial charge in [-0.2, -0.15) is 0 Å². The number of methoxy groups -OCH3 is 1. The smallest absolute Gasteiger partial charge is 0.259 e. The first kappa shape index (κ1) is 13.5. The molecule has 1 amide bonds. The summed E-state index contributed by atoms with van der Waals surface area (Å²) in [6, 6.07) is 7.12. The summed E-state index contributed by atoms with van der Waals surface area (Å²) in [6.45, 7) is 3.94. The molecule has 0 aliphatic carbocycles. The number of carbonyl (C=O) groups is 1. The second-order valence-electron chi connectivity index (χ2n) is 4.23. The van der Waals surface area contributed by atoms with Gasteiger partial charge in [-0.1, -0.05) is 6.07 Å². The zero-order valence-corrected chi connectivity index (χ0v) is 12.2. The van der Waals surface area contributed by atoms with Crippen LogP contribution < -0.4 is 9.64 Å². The monoisotopic (exact) mass is 276 g/mol. The predicted molar refractivity (Wildman–Crippen MR) is 77.3 cm³/mol. The third-order valence-electron chi connectivity index (χ3n) is 2.93. The maximum Gasteiger partial charge on any atom is 0.259 e. The fourth-order valence-corrected chi connectivity index (χ4v) is 2.51. The van der Waals surface area contributed by atoms with Gasteiger partial charge in [-0.25, -0.2) is 4.98 Å². The van der Waals surface area contributed by atoms with E-state index in [4.69, 9.17) is 4.74 Å². The molecular weight excluding hydrogens is 260 g/mol. The molecule has 0 radical (unpaired) electrons. The first-order chi connectivity index (χ1) is 9.02. The molecule has 0 atom stereocenters. The summed E-state index contributed by atoms with van der Waals surface area (Å²) in [7, 11) is 3.32. The number of hydrogen-bond donors (Lipinski definition) is 0. The fourth-order valence-electron chi connectivity index (χ4n) is 1.64. The summed E-state index contributed by atoms with van der Waals surface area (Å²) in [6.07, 6.45) is 0. The summed E-state index contributed by atoms with van der Waals surface area (Å²) in [4.78, 5) is 19.5. The average Bonchev–Trinajstić information content (AvgIpc) is 2.77. The molecule has 100 valence electrons. The number of aryl methyl sites for hydroxylation is 2. The Bertz CT molecular complexity index is 588. The standard InChI is InChI=1S/C14H16N2O2S/c1-9-10(2)19-14(15-9)16(3)13(17)11-6-5-7-12(8-11)18-4/h5-8H,1-4H3. The Labute approximate surface area is 116 Å². The lowest BCUT2D eigenvalue weighted by Crippen LogP contribution is -2.26. The Morgan fingerprint density at radius 1 is 1.37 bits per heavy atom. The molecule has 1 aromatic heterocycles. The number of benzene rings is 1. The van der Waals surface area contributed by atoms with Crippen LogP contribution in [0, 0.1) is 13.8 Å². The summed E-state index contributed by atoms with van der Waals surface area (Å²) >= 11 is 1.52. The van der Waals surface area contributed by atoms with Gasteiger partial charge in [0.1, 0.15) is 5.75 Å². The number of anilines is 1. The van der Waals surface area contributed by atoms with Crippen molar-refractivity contribution >= 4 is 22.4 Å². The van der Waals surface area contributed by atoms with Crippen molar-refractivity contribution in [3.05, 3.63) is 40.4 Å². The zero-order chi connectivity index (χ0) is 14.0. The molecule has 19 heavy (non-hydrogen) atoms. The van der Waals surface area contributed by atoms with Crippen LogP contribution in [0.15, 0.2) is 24.3 Å². The van der Waals surface area contributed by atoms with Crippen LogP contribution in [-0.4, -0.2) is 25.0 Å². The summed E-state index contributed by atoms with van der Waals surface area (Å²) in [5.41, 5.74) is 1.55. The van der Waals surface area contributed by atoms with E-state index in [-0.39, 0.29) is 5.91 Å². The van der Waals surface area contributed by atoms with Gasteiger partial charge in [0.05, 0.1) is 12.8 Å². The molecule has 2 rings (SSSR count). The van der Waals surface area contributed by atoms with Gasteiger partial charge in [-0.05, 0) is 32.0 Å². The first-order valence-corrected chi connectivity index (χ1v) is 6.70. The lowest BCUT2D eigenvalue weighted by Gasteiger charge is -2.14. The molecule has 0 bridgehead atoms. The average molecular weight is 276 g/mol. The number of thiazole rings is 1. The van der Waals surface area contributed by atoms with E-state index >= 15 is 0 Å². The number of ether oxygens (including phenoxy) is 1. The van der Waals surface area contributed by atoms with Crippen molar-refractivity contribution in [2.45, 2.75) is 13.8 Å². The highest BCUT2D eigenvalue weighted by Gasteiger charge is 2.17. The van der Waals surface area contributed by atoms with Crippen molar-refractivity contribution in [2.24, 2.45) is 0 Å². The Kier molecular flexibility index (Phi) is 3.85. The van der Waals surface area contributed by atoms with E-state index in [1.165, 1.54) is 11.3 Å². The zero-order valence-electron chi connectivity index (χ0n) is 11.4. The number of hydrogen-bond acceptors (Lipinski definition) is 4. The number of carbonyl (C=O) groups excluding carboxylic acids is 1. The molecule has 0 spiro atoms. The van der Waals surface area contributed by atoms with Crippen molar-refractivity contribution in [1.29, 1.82) is 0 Å². The minimum absolute atomic E-state index is 0.0901. The SMILES string of the molecule is COc1cccc(C(=O)N(C)c2nc(C)c(C)s2)c1. The molecule has 0 saturated heterocycles. The van der Waals surface area contributed by atoms with Gasteiger partial charge >= 0.3 is 0 Å². The van der Waals surface area contributed by atoms with E-state index in [9.17, 15) is 4.79 Å². The van der Waals surface area contributed by atoms with Crippen LogP contribution in [0.25, 0.3) is 0 Å². The van der Waals surface area contributed by atoms with Gasteiger partial charge in [0.15, 0.2) is 5.13 Å². The predicted octanol–water partition coefficient (Wildman–Crippen LogP) is 3.05. The van der Waals surface area contributed by atoms with Crippen LogP contribution in [0.3, 0.4) is 0 Å². The normalized spacial score (nSPS) is 10.3. The minimum atomic E-state index is -0.0901. The molecule has 5 heteroatoms. The van der Waals surface area contributed by atoms with E-state index in [0.29, 0.717) is 16.4 Å². The lowest BCUT2D eigenvalue weighted by atomic mass is 10.2. The summed E-state index contributed by atoms with van der Waals surface area (Å²) in [5, 5.41) is 0.711. The van der Waals surface area contributed by atoms with Crippen molar-refractivity contribution in [3.63, 3.8) is 0 Å². The van der Waals surface area contributed by atoms with Crippen LogP contribution in [0.4, 0.5) is 5.13 Å². The van der Waals surface area contributed by atoms with Gasteiger partial charge < -0.3 is 4.74 Å². The van der Waals surface area contributed by atoms with E-state index < -0.39 is 0 Å². The summed E-state index contributed by atoms with van der Waals surface area (Å²) < 4.78 is 5.13. The summed E-state index contributed by atoms with van der Waals surface area (Å²) in [5.74, 6) is 0.582. The Balaban J connectivity index is 2.27. The maximum absolute atomic E-state index is 12.4. The molecule has 0 aliphatic rings. The van der Waals surface area contributed by atoms with Crippen molar-refractivity contribution < 1.29 is 9.53 Å². The molecule has 2 aromatic rings. The first-order valence-electron chi connectivity index (χ1n) is 5.89. The molecule has 0 saturated carbocycles. The highest BCUT2D eigenvalue weighted by Crippen LogP contribution is 2.25. The molecule has 4 nitrogen and oxygen atoms in total. The lowest BCUT2D eigenvalue weighted by molar-refractivity contribution is 0.0992.